The molecular formula is C9H17N3O. The van der Waals surface area contributed by atoms with Crippen molar-refractivity contribution in [2.24, 2.45) is 0 Å². The zero-order valence-corrected chi connectivity index (χ0v) is 7.98. The lowest BCUT2D eigenvalue weighted by Crippen LogP contribution is -2.31. The van der Waals surface area contributed by atoms with Crippen molar-refractivity contribution in [3.63, 3.8) is 0 Å². The first-order valence-corrected chi connectivity index (χ1v) is 4.64. The zero-order valence-electron chi connectivity index (χ0n) is 7.98. The molecule has 74 valence electrons. The van der Waals surface area contributed by atoms with Crippen LogP contribution in [0.3, 0.4) is 0 Å². The van der Waals surface area contributed by atoms with Gasteiger partial charge in [0.15, 0.2) is 0 Å². The molecule has 0 bridgehead atoms. The molecule has 0 fully saturated rings. The van der Waals surface area contributed by atoms with Crippen molar-refractivity contribution in [2.45, 2.75) is 25.9 Å². The summed E-state index contributed by atoms with van der Waals surface area (Å²) >= 11 is 0. The van der Waals surface area contributed by atoms with Gasteiger partial charge in [0.2, 0.25) is 0 Å². The van der Waals surface area contributed by atoms with Crippen LogP contribution in [-0.2, 0) is 6.54 Å². The summed E-state index contributed by atoms with van der Waals surface area (Å²) in [6, 6.07) is 2.31. The van der Waals surface area contributed by atoms with Crippen LogP contribution in [0.15, 0.2) is 18.5 Å². The predicted molar refractivity (Wildman–Crippen MR) is 51.4 cm³/mol. The largest absolute Gasteiger partial charge is 0.396 e. The molecule has 0 amide bonds. The van der Waals surface area contributed by atoms with E-state index >= 15 is 0 Å². The lowest BCUT2D eigenvalue weighted by atomic mass is 10.3. The molecule has 0 saturated carbocycles. The van der Waals surface area contributed by atoms with Gasteiger partial charge in [-0.15, -0.1) is 0 Å². The van der Waals surface area contributed by atoms with Gasteiger partial charge in [-0.2, -0.15) is 5.10 Å². The van der Waals surface area contributed by atoms with Gasteiger partial charge >= 0.3 is 0 Å². The molecule has 2 N–H and O–H groups in total. The second kappa shape index (κ2) is 5.72. The van der Waals surface area contributed by atoms with Crippen molar-refractivity contribution in [3.8, 4) is 0 Å². The van der Waals surface area contributed by atoms with Gasteiger partial charge in [-0.3, -0.25) is 4.68 Å². The topological polar surface area (TPSA) is 50.1 Å². The Morgan fingerprint density at radius 3 is 3.08 bits per heavy atom. The smallest absolute Gasteiger partial charge is 0.0559 e. The molecule has 1 aromatic heterocycles. The fourth-order valence-electron chi connectivity index (χ4n) is 1.18. The summed E-state index contributed by atoms with van der Waals surface area (Å²) in [6.45, 7) is 4.10. The van der Waals surface area contributed by atoms with Crippen molar-refractivity contribution in [3.05, 3.63) is 18.5 Å². The first-order chi connectivity index (χ1) is 6.33. The highest BCUT2D eigenvalue weighted by Crippen LogP contribution is 1.90. The Morgan fingerprint density at radius 1 is 1.62 bits per heavy atom. The van der Waals surface area contributed by atoms with E-state index in [1.54, 1.807) is 6.20 Å². The molecule has 4 heteroatoms. The number of hydrogen-bond donors (Lipinski definition) is 2. The standard InChI is InChI=1S/C9H17N3O/c1-9(10-4-3-7-13)8-12-6-2-5-11-12/h2,5-6,9-10,13H,3-4,7-8H2,1H3. The van der Waals surface area contributed by atoms with Gasteiger partial charge in [-0.1, -0.05) is 0 Å². The van der Waals surface area contributed by atoms with Crippen LogP contribution in [0.5, 0.6) is 0 Å². The molecule has 1 unspecified atom stereocenters. The van der Waals surface area contributed by atoms with Crippen molar-refractivity contribution in [1.29, 1.82) is 0 Å². The van der Waals surface area contributed by atoms with Crippen LogP contribution in [0.1, 0.15) is 13.3 Å². The number of aliphatic hydroxyl groups is 1. The molecule has 0 saturated heterocycles. The molecule has 4 nitrogen and oxygen atoms in total. The van der Waals surface area contributed by atoms with E-state index in [0.29, 0.717) is 6.04 Å². The molecule has 1 heterocycles. The Labute approximate surface area is 78.6 Å². The summed E-state index contributed by atoms with van der Waals surface area (Å²) in [5.74, 6) is 0. The first-order valence-electron chi connectivity index (χ1n) is 4.64. The Kier molecular flexibility index (Phi) is 4.49. The minimum absolute atomic E-state index is 0.251. The van der Waals surface area contributed by atoms with Crippen molar-refractivity contribution in [2.75, 3.05) is 13.2 Å². The van der Waals surface area contributed by atoms with E-state index in [1.165, 1.54) is 0 Å². The third kappa shape index (κ3) is 4.05. The fraction of sp³-hybridized carbons (Fsp3) is 0.667. The molecule has 0 radical (unpaired) electrons. The maximum absolute atomic E-state index is 8.58. The molecule has 0 aromatic carbocycles. The second-order valence-corrected chi connectivity index (χ2v) is 3.16. The highest BCUT2D eigenvalue weighted by atomic mass is 16.3. The summed E-state index contributed by atoms with van der Waals surface area (Å²) in [5, 5.41) is 16.0. The van der Waals surface area contributed by atoms with Crippen molar-refractivity contribution < 1.29 is 5.11 Å². The van der Waals surface area contributed by atoms with Crippen molar-refractivity contribution in [1.82, 2.24) is 15.1 Å². The van der Waals surface area contributed by atoms with E-state index in [4.69, 9.17) is 5.11 Å². The van der Waals surface area contributed by atoms with Crippen LogP contribution in [0.4, 0.5) is 0 Å². The minimum atomic E-state index is 0.251. The summed E-state index contributed by atoms with van der Waals surface area (Å²) < 4.78 is 1.90. The Bertz CT molecular complexity index is 211. The lowest BCUT2D eigenvalue weighted by Gasteiger charge is -2.12. The van der Waals surface area contributed by atoms with Gasteiger partial charge in [-0.25, -0.2) is 0 Å². The quantitative estimate of drug-likeness (QED) is 0.621. The number of aliphatic hydroxyl groups excluding tert-OH is 1. The summed E-state index contributed by atoms with van der Waals surface area (Å²) in [7, 11) is 0. The van der Waals surface area contributed by atoms with E-state index in [-0.39, 0.29) is 6.61 Å². The molecule has 1 aromatic rings. The van der Waals surface area contributed by atoms with E-state index in [2.05, 4.69) is 17.3 Å². The molecule has 13 heavy (non-hydrogen) atoms. The first kappa shape index (κ1) is 10.2. The molecule has 0 aliphatic carbocycles. The van der Waals surface area contributed by atoms with Crippen molar-refractivity contribution >= 4 is 0 Å². The number of rotatable bonds is 6. The fourth-order valence-corrected chi connectivity index (χ4v) is 1.18. The highest BCUT2D eigenvalue weighted by molar-refractivity contribution is 4.78. The van der Waals surface area contributed by atoms with E-state index < -0.39 is 0 Å². The molecule has 1 rings (SSSR count). The van der Waals surface area contributed by atoms with E-state index in [9.17, 15) is 0 Å². The SMILES string of the molecule is CC(Cn1cccn1)NCCCO. The monoisotopic (exact) mass is 183 g/mol. The second-order valence-electron chi connectivity index (χ2n) is 3.16. The number of hydrogen-bond acceptors (Lipinski definition) is 3. The predicted octanol–water partition coefficient (Wildman–Crippen LogP) is 0.244. The highest BCUT2D eigenvalue weighted by Gasteiger charge is 2.00. The van der Waals surface area contributed by atoms with E-state index in [0.717, 1.165) is 19.5 Å². The summed E-state index contributed by atoms with van der Waals surface area (Å²) in [5.41, 5.74) is 0. The maximum atomic E-state index is 8.58. The molecule has 0 aliphatic rings. The third-order valence-corrected chi connectivity index (χ3v) is 1.85. The maximum Gasteiger partial charge on any atom is 0.0559 e. The Morgan fingerprint density at radius 2 is 2.46 bits per heavy atom. The Balaban J connectivity index is 2.14. The third-order valence-electron chi connectivity index (χ3n) is 1.85. The van der Waals surface area contributed by atoms with Crippen LogP contribution in [0.25, 0.3) is 0 Å². The van der Waals surface area contributed by atoms with Crippen LogP contribution >= 0.6 is 0 Å². The summed E-state index contributed by atoms with van der Waals surface area (Å²) in [6.07, 6.45) is 4.54. The normalized spacial score (nSPS) is 13.1. The summed E-state index contributed by atoms with van der Waals surface area (Å²) in [4.78, 5) is 0. The minimum Gasteiger partial charge on any atom is -0.396 e. The van der Waals surface area contributed by atoms with Crippen LogP contribution in [0, 0.1) is 0 Å². The Hall–Kier alpha value is -0.870. The molecule has 0 spiro atoms. The molecule has 0 aliphatic heterocycles. The van der Waals surface area contributed by atoms with Crippen LogP contribution in [-0.4, -0.2) is 34.1 Å². The molecule has 1 atom stereocenters. The zero-order chi connectivity index (χ0) is 9.52. The van der Waals surface area contributed by atoms with Gasteiger partial charge < -0.3 is 10.4 Å². The van der Waals surface area contributed by atoms with Gasteiger partial charge in [0.05, 0.1) is 6.54 Å². The average Bonchev–Trinajstić information content (AvgIpc) is 2.57. The van der Waals surface area contributed by atoms with Crippen LogP contribution < -0.4 is 5.32 Å². The lowest BCUT2D eigenvalue weighted by molar-refractivity contribution is 0.282. The van der Waals surface area contributed by atoms with Gasteiger partial charge in [0.1, 0.15) is 0 Å². The van der Waals surface area contributed by atoms with Gasteiger partial charge in [0.25, 0.3) is 0 Å². The van der Waals surface area contributed by atoms with Crippen LogP contribution in [0.2, 0.25) is 0 Å². The van der Waals surface area contributed by atoms with Gasteiger partial charge in [-0.05, 0) is 26.0 Å². The number of nitrogens with one attached hydrogen (secondary N) is 1. The van der Waals surface area contributed by atoms with E-state index in [1.807, 2.05) is 16.9 Å². The number of aromatic nitrogens is 2. The average molecular weight is 183 g/mol. The number of nitrogens with zero attached hydrogens (tertiary/aromatic N) is 2. The van der Waals surface area contributed by atoms with Gasteiger partial charge in [0, 0.05) is 25.0 Å². The molecular weight excluding hydrogens is 166 g/mol.